The average Bonchev–Trinajstić information content (AvgIpc) is 2.76. The number of hydrogen-bond donors (Lipinski definition) is 0. The molecule has 0 bridgehead atoms. The van der Waals surface area contributed by atoms with Crippen molar-refractivity contribution in [2.24, 2.45) is 0 Å². The lowest BCUT2D eigenvalue weighted by molar-refractivity contribution is -0.180. The first-order valence-corrected chi connectivity index (χ1v) is 11.0. The van der Waals surface area contributed by atoms with Gasteiger partial charge in [-0.3, -0.25) is 4.79 Å². The van der Waals surface area contributed by atoms with Crippen LogP contribution < -0.4 is 4.74 Å². The number of carbonyl (C=O) groups is 1. The van der Waals surface area contributed by atoms with E-state index in [2.05, 4.69) is 31.2 Å². The monoisotopic (exact) mass is 405 g/mol. The molecule has 2 aromatic rings. The largest absolute Gasteiger partial charge is 0.463 e. The second-order valence-electron chi connectivity index (χ2n) is 8.69. The van der Waals surface area contributed by atoms with E-state index in [4.69, 9.17) is 9.47 Å². The molecule has 0 atom stereocenters. The van der Waals surface area contributed by atoms with Crippen molar-refractivity contribution in [1.82, 2.24) is 4.90 Å². The highest BCUT2D eigenvalue weighted by molar-refractivity contribution is 5.91. The SMILES string of the molecule is CCc1cccc(C2CCN(C(=O)/C=C/c3ccc4c(c3)OC(C)(C)OC4)CC2)c1. The number of piperidine rings is 1. The van der Waals surface area contributed by atoms with Gasteiger partial charge in [-0.2, -0.15) is 0 Å². The molecule has 2 aromatic carbocycles. The van der Waals surface area contributed by atoms with Gasteiger partial charge in [0.05, 0.1) is 6.61 Å². The van der Waals surface area contributed by atoms with Crippen LogP contribution in [-0.2, 0) is 22.6 Å². The molecule has 4 heteroatoms. The Morgan fingerprint density at radius 1 is 1.17 bits per heavy atom. The van der Waals surface area contributed by atoms with Crippen molar-refractivity contribution in [2.45, 2.75) is 58.3 Å². The number of carbonyl (C=O) groups excluding carboxylic acids is 1. The first-order valence-electron chi connectivity index (χ1n) is 11.0. The molecule has 2 aliphatic heterocycles. The van der Waals surface area contributed by atoms with Crippen LogP contribution >= 0.6 is 0 Å². The van der Waals surface area contributed by atoms with E-state index < -0.39 is 5.79 Å². The summed E-state index contributed by atoms with van der Waals surface area (Å²) in [5.74, 6) is 0.841. The zero-order valence-corrected chi connectivity index (χ0v) is 18.2. The highest BCUT2D eigenvalue weighted by atomic mass is 16.7. The highest BCUT2D eigenvalue weighted by Crippen LogP contribution is 2.32. The second-order valence-corrected chi connectivity index (χ2v) is 8.69. The van der Waals surface area contributed by atoms with Gasteiger partial charge in [0.25, 0.3) is 0 Å². The summed E-state index contributed by atoms with van der Waals surface area (Å²) in [6.45, 7) is 8.16. The first-order chi connectivity index (χ1) is 14.4. The maximum atomic E-state index is 12.7. The molecule has 0 radical (unpaired) electrons. The predicted octanol–water partition coefficient (Wildman–Crippen LogP) is 5.31. The molecule has 158 valence electrons. The van der Waals surface area contributed by atoms with Crippen molar-refractivity contribution in [3.8, 4) is 5.75 Å². The van der Waals surface area contributed by atoms with Gasteiger partial charge in [0, 0.05) is 38.6 Å². The lowest BCUT2D eigenvalue weighted by atomic mass is 9.88. The molecule has 0 N–H and O–H groups in total. The lowest BCUT2D eigenvalue weighted by Crippen LogP contribution is -2.36. The molecule has 2 heterocycles. The van der Waals surface area contributed by atoms with Crippen LogP contribution in [0.3, 0.4) is 0 Å². The van der Waals surface area contributed by atoms with Crippen LogP contribution in [0.25, 0.3) is 6.08 Å². The van der Waals surface area contributed by atoms with E-state index >= 15 is 0 Å². The summed E-state index contributed by atoms with van der Waals surface area (Å²) in [6.07, 6.45) is 6.67. The molecule has 30 heavy (non-hydrogen) atoms. The van der Waals surface area contributed by atoms with E-state index in [0.717, 1.165) is 49.2 Å². The molecular formula is C26H31NO3. The quantitative estimate of drug-likeness (QED) is 0.647. The van der Waals surface area contributed by atoms with Crippen molar-refractivity contribution < 1.29 is 14.3 Å². The van der Waals surface area contributed by atoms with Crippen molar-refractivity contribution in [2.75, 3.05) is 13.1 Å². The number of likely N-dealkylation sites (tertiary alicyclic amines) is 1. The number of rotatable bonds is 4. The minimum Gasteiger partial charge on any atom is -0.463 e. The molecule has 0 unspecified atom stereocenters. The smallest absolute Gasteiger partial charge is 0.246 e. The van der Waals surface area contributed by atoms with Crippen molar-refractivity contribution in [1.29, 1.82) is 0 Å². The van der Waals surface area contributed by atoms with Gasteiger partial charge in [-0.05, 0) is 54.0 Å². The summed E-state index contributed by atoms with van der Waals surface area (Å²) in [5.41, 5.74) is 4.80. The predicted molar refractivity (Wildman–Crippen MR) is 119 cm³/mol. The Labute approximate surface area is 179 Å². The number of benzene rings is 2. The molecule has 0 spiro atoms. The third-order valence-corrected chi connectivity index (χ3v) is 6.08. The van der Waals surface area contributed by atoms with E-state index in [0.29, 0.717) is 12.5 Å². The van der Waals surface area contributed by atoms with Gasteiger partial charge in [-0.1, -0.05) is 43.3 Å². The van der Waals surface area contributed by atoms with Crippen molar-refractivity contribution in [3.63, 3.8) is 0 Å². The van der Waals surface area contributed by atoms with Crippen LogP contribution in [0.1, 0.15) is 61.8 Å². The molecule has 1 fully saturated rings. The van der Waals surface area contributed by atoms with Crippen LogP contribution in [0.5, 0.6) is 5.75 Å². The lowest BCUT2D eigenvalue weighted by Gasteiger charge is -2.32. The third-order valence-electron chi connectivity index (χ3n) is 6.08. The summed E-state index contributed by atoms with van der Waals surface area (Å²) in [6, 6.07) is 14.9. The van der Waals surface area contributed by atoms with Crippen LogP contribution in [0.4, 0.5) is 0 Å². The Balaban J connectivity index is 1.35. The first kappa shape index (κ1) is 20.7. The number of nitrogens with zero attached hydrogens (tertiary/aromatic N) is 1. The molecule has 0 aliphatic carbocycles. The maximum absolute atomic E-state index is 12.7. The zero-order chi connectivity index (χ0) is 21.1. The zero-order valence-electron chi connectivity index (χ0n) is 18.2. The molecule has 0 saturated carbocycles. The fourth-order valence-electron chi connectivity index (χ4n) is 4.21. The Hall–Kier alpha value is -2.59. The average molecular weight is 406 g/mol. The number of hydrogen-bond acceptors (Lipinski definition) is 3. The maximum Gasteiger partial charge on any atom is 0.246 e. The number of ether oxygens (including phenoxy) is 2. The minimum atomic E-state index is -0.619. The Morgan fingerprint density at radius 3 is 2.73 bits per heavy atom. The Morgan fingerprint density at radius 2 is 1.97 bits per heavy atom. The van der Waals surface area contributed by atoms with Gasteiger partial charge in [-0.25, -0.2) is 0 Å². The molecule has 1 saturated heterocycles. The van der Waals surface area contributed by atoms with E-state index in [1.165, 1.54) is 11.1 Å². The van der Waals surface area contributed by atoms with Crippen LogP contribution in [0.2, 0.25) is 0 Å². The van der Waals surface area contributed by atoms with Crippen molar-refractivity contribution in [3.05, 3.63) is 70.8 Å². The van der Waals surface area contributed by atoms with E-state index in [9.17, 15) is 4.79 Å². The summed E-state index contributed by atoms with van der Waals surface area (Å²) in [7, 11) is 0. The minimum absolute atomic E-state index is 0.0815. The van der Waals surface area contributed by atoms with E-state index in [1.54, 1.807) is 6.08 Å². The number of aryl methyl sites for hydroxylation is 1. The van der Waals surface area contributed by atoms with E-state index in [-0.39, 0.29) is 5.91 Å². The third kappa shape index (κ3) is 4.76. The summed E-state index contributed by atoms with van der Waals surface area (Å²) in [4.78, 5) is 14.7. The van der Waals surface area contributed by atoms with Crippen LogP contribution in [0.15, 0.2) is 48.5 Å². The van der Waals surface area contributed by atoms with Crippen molar-refractivity contribution >= 4 is 12.0 Å². The molecule has 0 aromatic heterocycles. The second kappa shape index (κ2) is 8.65. The summed E-state index contributed by atoms with van der Waals surface area (Å²) < 4.78 is 11.6. The van der Waals surface area contributed by atoms with Crippen LogP contribution in [-0.4, -0.2) is 29.7 Å². The molecule has 4 nitrogen and oxygen atoms in total. The fraction of sp³-hybridized carbons (Fsp3) is 0.423. The van der Waals surface area contributed by atoms with Gasteiger partial charge in [0.1, 0.15) is 5.75 Å². The van der Waals surface area contributed by atoms with Gasteiger partial charge in [0.15, 0.2) is 0 Å². The van der Waals surface area contributed by atoms with Gasteiger partial charge >= 0.3 is 0 Å². The Bertz CT molecular complexity index is 939. The topological polar surface area (TPSA) is 38.8 Å². The summed E-state index contributed by atoms with van der Waals surface area (Å²) in [5, 5.41) is 0. The number of amides is 1. The van der Waals surface area contributed by atoms with Crippen LogP contribution in [0, 0.1) is 0 Å². The normalized spacial score (nSPS) is 18.8. The van der Waals surface area contributed by atoms with Gasteiger partial charge in [-0.15, -0.1) is 0 Å². The molecular weight excluding hydrogens is 374 g/mol. The van der Waals surface area contributed by atoms with Gasteiger partial charge in [0.2, 0.25) is 11.7 Å². The summed E-state index contributed by atoms with van der Waals surface area (Å²) >= 11 is 0. The molecule has 2 aliphatic rings. The Kier molecular flexibility index (Phi) is 5.96. The van der Waals surface area contributed by atoms with Gasteiger partial charge < -0.3 is 14.4 Å². The highest BCUT2D eigenvalue weighted by Gasteiger charge is 2.27. The molecule has 4 rings (SSSR count). The van der Waals surface area contributed by atoms with E-state index in [1.807, 2.05) is 43.0 Å². The molecule has 1 amide bonds. The standard InChI is InChI=1S/C26H31NO3/c1-4-19-6-5-7-22(16-19)21-12-14-27(15-13-21)25(28)11-9-20-8-10-23-18-29-26(2,3)30-24(23)17-20/h5-11,16-17,21H,4,12-15,18H2,1-3H3/b11-9+. The fourth-order valence-corrected chi connectivity index (χ4v) is 4.21. The number of fused-ring (bicyclic) bond motifs is 1.